The van der Waals surface area contributed by atoms with Gasteiger partial charge < -0.3 is 25.0 Å². The number of H-pyrrole nitrogens is 1. The van der Waals surface area contributed by atoms with Gasteiger partial charge in [0.1, 0.15) is 11.5 Å². The number of para-hydroxylation sites is 1. The topological polar surface area (TPSA) is 141 Å². The van der Waals surface area contributed by atoms with Gasteiger partial charge in [0.15, 0.2) is 12.1 Å². The third kappa shape index (κ3) is 4.72. The predicted octanol–water partition coefficient (Wildman–Crippen LogP) is 2.73. The number of benzene rings is 3. The average Bonchev–Trinajstić information content (AvgIpc) is 3.25. The number of carbonyl (C=O) groups is 1. The van der Waals surface area contributed by atoms with Crippen LogP contribution < -0.4 is 5.69 Å². The maximum Gasteiger partial charge on any atom is 0.348 e. The van der Waals surface area contributed by atoms with Crippen LogP contribution in [-0.4, -0.2) is 61.2 Å². The maximum atomic E-state index is 13.5. The Labute approximate surface area is 206 Å². The molecule has 0 saturated heterocycles. The SMILES string of the molecule is Cc1ccccc1-n1c(-c2cc(C(=O)N(C)C(OCCO)c3ccccc3)c(O)cc2O)n[nH]c1=O. The van der Waals surface area contributed by atoms with Crippen LogP contribution in [0.25, 0.3) is 17.1 Å². The third-order valence-electron chi connectivity index (χ3n) is 5.74. The average molecular weight is 491 g/mol. The van der Waals surface area contributed by atoms with Crippen molar-refractivity contribution in [2.45, 2.75) is 13.2 Å². The van der Waals surface area contributed by atoms with E-state index < -0.39 is 23.6 Å². The van der Waals surface area contributed by atoms with Gasteiger partial charge in [-0.2, -0.15) is 5.10 Å². The highest BCUT2D eigenvalue weighted by molar-refractivity contribution is 5.98. The number of nitrogens with one attached hydrogen (secondary N) is 1. The van der Waals surface area contributed by atoms with Gasteiger partial charge in [0.05, 0.1) is 30.0 Å². The summed E-state index contributed by atoms with van der Waals surface area (Å²) in [5.74, 6) is -1.36. The molecule has 1 unspecified atom stereocenters. The Morgan fingerprint density at radius 2 is 1.78 bits per heavy atom. The van der Waals surface area contributed by atoms with Gasteiger partial charge in [0.25, 0.3) is 5.91 Å². The van der Waals surface area contributed by atoms with E-state index in [1.165, 1.54) is 22.6 Å². The van der Waals surface area contributed by atoms with Gasteiger partial charge in [-0.15, -0.1) is 0 Å². The summed E-state index contributed by atoms with van der Waals surface area (Å²) < 4.78 is 7.00. The van der Waals surface area contributed by atoms with Gasteiger partial charge in [-0.1, -0.05) is 48.5 Å². The number of phenols is 2. The third-order valence-corrected chi connectivity index (χ3v) is 5.74. The number of aliphatic hydroxyl groups excluding tert-OH is 1. The fourth-order valence-electron chi connectivity index (χ4n) is 3.95. The van der Waals surface area contributed by atoms with E-state index >= 15 is 0 Å². The zero-order valence-corrected chi connectivity index (χ0v) is 19.8. The van der Waals surface area contributed by atoms with E-state index in [0.29, 0.717) is 11.3 Å². The molecule has 4 aromatic rings. The molecule has 0 aliphatic heterocycles. The molecule has 3 aromatic carbocycles. The summed E-state index contributed by atoms with van der Waals surface area (Å²) in [6, 6.07) is 18.4. The molecular weight excluding hydrogens is 464 g/mol. The highest BCUT2D eigenvalue weighted by Gasteiger charge is 2.28. The molecule has 186 valence electrons. The number of hydrogen-bond acceptors (Lipinski definition) is 7. The largest absolute Gasteiger partial charge is 0.507 e. The molecule has 1 aromatic heterocycles. The summed E-state index contributed by atoms with van der Waals surface area (Å²) in [5, 5.41) is 36.9. The first-order chi connectivity index (χ1) is 17.3. The molecule has 10 nitrogen and oxygen atoms in total. The molecule has 36 heavy (non-hydrogen) atoms. The van der Waals surface area contributed by atoms with Gasteiger partial charge in [-0.3, -0.25) is 4.79 Å². The van der Waals surface area contributed by atoms with Crippen molar-refractivity contribution in [2.24, 2.45) is 0 Å². The number of phenolic OH excluding ortho intramolecular Hbond substituents is 2. The Morgan fingerprint density at radius 1 is 1.08 bits per heavy atom. The van der Waals surface area contributed by atoms with Crippen molar-refractivity contribution in [1.82, 2.24) is 19.7 Å². The van der Waals surface area contributed by atoms with Crippen molar-refractivity contribution in [3.8, 4) is 28.6 Å². The zero-order chi connectivity index (χ0) is 25.8. The number of aromatic nitrogens is 3. The molecule has 1 atom stereocenters. The molecular formula is C26H26N4O6. The highest BCUT2D eigenvalue weighted by Crippen LogP contribution is 2.36. The summed E-state index contributed by atoms with van der Waals surface area (Å²) in [7, 11) is 1.50. The number of amides is 1. The van der Waals surface area contributed by atoms with Crippen molar-refractivity contribution in [1.29, 1.82) is 0 Å². The van der Waals surface area contributed by atoms with Crippen LogP contribution in [0.1, 0.15) is 27.7 Å². The van der Waals surface area contributed by atoms with Crippen molar-refractivity contribution >= 4 is 5.91 Å². The second-order valence-electron chi connectivity index (χ2n) is 8.13. The lowest BCUT2D eigenvalue weighted by atomic mass is 10.1. The standard InChI is InChI=1S/C26H26N4O6/c1-16-8-6-7-11-20(16)30-23(27-28-26(30)35)18-14-19(22(33)15-21(18)32)24(34)29(2)25(36-13-12-31)17-9-4-3-5-10-17/h3-11,14-15,25,31-33H,12-13H2,1-2H3,(H,28,35). The lowest BCUT2D eigenvalue weighted by molar-refractivity contribution is -0.0489. The summed E-state index contributed by atoms with van der Waals surface area (Å²) in [4.78, 5) is 27.4. The minimum Gasteiger partial charge on any atom is -0.507 e. The van der Waals surface area contributed by atoms with Crippen LogP contribution in [0.5, 0.6) is 11.5 Å². The maximum absolute atomic E-state index is 13.5. The van der Waals surface area contributed by atoms with Crippen LogP contribution in [0.3, 0.4) is 0 Å². The Bertz CT molecular complexity index is 1430. The molecule has 1 heterocycles. The Morgan fingerprint density at radius 3 is 2.47 bits per heavy atom. The molecule has 0 fully saturated rings. The van der Waals surface area contributed by atoms with E-state index in [1.807, 2.05) is 25.1 Å². The van der Waals surface area contributed by atoms with E-state index in [2.05, 4.69) is 10.2 Å². The number of aromatic amines is 1. The lowest BCUT2D eigenvalue weighted by Crippen LogP contribution is -2.33. The first kappa shape index (κ1) is 24.7. The van der Waals surface area contributed by atoms with Crippen LogP contribution in [0.4, 0.5) is 0 Å². The van der Waals surface area contributed by atoms with Gasteiger partial charge in [-0.25, -0.2) is 14.5 Å². The van der Waals surface area contributed by atoms with Crippen molar-refractivity contribution in [3.63, 3.8) is 0 Å². The van der Waals surface area contributed by atoms with E-state index in [4.69, 9.17) is 4.74 Å². The smallest absolute Gasteiger partial charge is 0.348 e. The molecule has 0 aliphatic rings. The second kappa shape index (κ2) is 10.5. The summed E-state index contributed by atoms with van der Waals surface area (Å²) >= 11 is 0. The molecule has 1 amide bonds. The number of nitrogens with zero attached hydrogens (tertiary/aromatic N) is 3. The number of rotatable bonds is 8. The monoisotopic (exact) mass is 490 g/mol. The second-order valence-corrected chi connectivity index (χ2v) is 8.13. The minimum absolute atomic E-state index is 0.0139. The fourth-order valence-corrected chi connectivity index (χ4v) is 3.95. The van der Waals surface area contributed by atoms with E-state index in [9.17, 15) is 24.9 Å². The van der Waals surface area contributed by atoms with Gasteiger partial charge >= 0.3 is 5.69 Å². The highest BCUT2D eigenvalue weighted by atomic mass is 16.5. The summed E-state index contributed by atoms with van der Waals surface area (Å²) in [5.41, 5.74) is 1.41. The molecule has 0 radical (unpaired) electrons. The Kier molecular flexibility index (Phi) is 7.18. The van der Waals surface area contributed by atoms with Gasteiger partial charge in [-0.05, 0) is 24.6 Å². The number of aryl methyl sites for hydroxylation is 1. The van der Waals surface area contributed by atoms with Crippen molar-refractivity contribution in [2.75, 3.05) is 20.3 Å². The molecule has 0 aliphatic carbocycles. The van der Waals surface area contributed by atoms with Crippen LogP contribution in [-0.2, 0) is 4.74 Å². The molecule has 4 N–H and O–H groups in total. The predicted molar refractivity (Wildman–Crippen MR) is 132 cm³/mol. The van der Waals surface area contributed by atoms with Crippen LogP contribution in [0.2, 0.25) is 0 Å². The number of aliphatic hydroxyl groups is 1. The molecule has 0 bridgehead atoms. The Hall–Kier alpha value is -4.41. The lowest BCUT2D eigenvalue weighted by Gasteiger charge is -2.29. The van der Waals surface area contributed by atoms with Crippen LogP contribution in [0, 0.1) is 6.92 Å². The molecule has 4 rings (SSSR count). The summed E-state index contributed by atoms with van der Waals surface area (Å²) in [6.45, 7) is 1.57. The quantitative estimate of drug-likeness (QED) is 0.278. The number of hydrogen-bond donors (Lipinski definition) is 4. The fraction of sp³-hybridized carbons (Fsp3) is 0.192. The van der Waals surface area contributed by atoms with Crippen molar-refractivity contribution < 1.29 is 24.9 Å². The van der Waals surface area contributed by atoms with Crippen molar-refractivity contribution in [3.05, 3.63) is 93.9 Å². The first-order valence-electron chi connectivity index (χ1n) is 11.2. The van der Waals surface area contributed by atoms with E-state index in [0.717, 1.165) is 11.6 Å². The number of aromatic hydroxyl groups is 2. The number of carbonyl (C=O) groups excluding carboxylic acids is 1. The summed E-state index contributed by atoms with van der Waals surface area (Å²) in [6.07, 6.45) is -0.849. The normalized spacial score (nSPS) is 11.9. The first-order valence-corrected chi connectivity index (χ1v) is 11.2. The van der Waals surface area contributed by atoms with Crippen LogP contribution >= 0.6 is 0 Å². The zero-order valence-electron chi connectivity index (χ0n) is 19.8. The van der Waals surface area contributed by atoms with Gasteiger partial charge in [0, 0.05) is 18.7 Å². The van der Waals surface area contributed by atoms with E-state index in [1.54, 1.807) is 36.4 Å². The van der Waals surface area contributed by atoms with E-state index in [-0.39, 0.29) is 35.9 Å². The molecule has 0 saturated carbocycles. The minimum atomic E-state index is -0.849. The van der Waals surface area contributed by atoms with Gasteiger partial charge in [0.2, 0.25) is 0 Å². The number of ether oxygens (including phenoxy) is 1. The molecule has 10 heteroatoms. The Balaban J connectivity index is 1.78. The molecule has 0 spiro atoms. The van der Waals surface area contributed by atoms with Crippen LogP contribution in [0.15, 0.2) is 71.5 Å².